The Morgan fingerprint density at radius 1 is 1.11 bits per heavy atom. The maximum absolute atomic E-state index is 13.6. The van der Waals surface area contributed by atoms with Gasteiger partial charge in [0.1, 0.15) is 17.2 Å². The number of hydrogen-bond acceptors (Lipinski definition) is 1. The van der Waals surface area contributed by atoms with Gasteiger partial charge in [-0.05, 0) is 25.0 Å². The molecule has 0 aliphatic heterocycles. The van der Waals surface area contributed by atoms with Crippen LogP contribution in [0.15, 0.2) is 18.2 Å². The summed E-state index contributed by atoms with van der Waals surface area (Å²) >= 11 is 0. The van der Waals surface area contributed by atoms with E-state index in [1.165, 1.54) is 23.8 Å². The number of halogens is 2. The van der Waals surface area contributed by atoms with E-state index in [4.69, 9.17) is 0 Å². The fourth-order valence-electron chi connectivity index (χ4n) is 2.69. The number of nitrogens with zero attached hydrogens (tertiary/aromatic N) is 1. The van der Waals surface area contributed by atoms with Gasteiger partial charge >= 0.3 is 0 Å². The van der Waals surface area contributed by atoms with E-state index >= 15 is 0 Å². The zero-order chi connectivity index (χ0) is 13.8. The van der Waals surface area contributed by atoms with Gasteiger partial charge < -0.3 is 4.90 Å². The molecule has 104 valence electrons. The zero-order valence-corrected chi connectivity index (χ0v) is 11.2. The number of carbonyl (C=O) groups excluding carboxylic acids is 1. The van der Waals surface area contributed by atoms with E-state index in [-0.39, 0.29) is 6.04 Å². The lowest BCUT2D eigenvalue weighted by Crippen LogP contribution is -2.37. The molecule has 1 aromatic carbocycles. The molecule has 0 aromatic heterocycles. The highest BCUT2D eigenvalue weighted by Crippen LogP contribution is 2.23. The molecule has 0 heterocycles. The van der Waals surface area contributed by atoms with Gasteiger partial charge in [0.2, 0.25) is 0 Å². The lowest BCUT2D eigenvalue weighted by Gasteiger charge is -2.27. The van der Waals surface area contributed by atoms with Gasteiger partial charge in [0.05, 0.1) is 0 Å². The monoisotopic (exact) mass is 267 g/mol. The molecule has 0 bridgehead atoms. The van der Waals surface area contributed by atoms with Gasteiger partial charge in [-0.1, -0.05) is 31.7 Å². The molecule has 1 fully saturated rings. The van der Waals surface area contributed by atoms with Gasteiger partial charge in [-0.25, -0.2) is 8.78 Å². The molecule has 0 spiro atoms. The minimum absolute atomic E-state index is 0.0917. The van der Waals surface area contributed by atoms with Crippen LogP contribution in [0.4, 0.5) is 8.78 Å². The average molecular weight is 267 g/mol. The van der Waals surface area contributed by atoms with Gasteiger partial charge in [0, 0.05) is 13.1 Å². The van der Waals surface area contributed by atoms with Crippen molar-refractivity contribution in [1.29, 1.82) is 0 Å². The van der Waals surface area contributed by atoms with E-state index in [2.05, 4.69) is 0 Å². The van der Waals surface area contributed by atoms with Crippen molar-refractivity contribution >= 4 is 5.91 Å². The van der Waals surface area contributed by atoms with Crippen molar-refractivity contribution in [2.24, 2.45) is 0 Å². The molecule has 1 amide bonds. The number of hydrogen-bond donors (Lipinski definition) is 0. The quantitative estimate of drug-likeness (QED) is 0.747. The van der Waals surface area contributed by atoms with Crippen LogP contribution in [-0.2, 0) is 0 Å². The SMILES string of the molecule is CN(C(=O)c1c(F)cccc1F)C1CCCCCC1. The first-order chi connectivity index (χ1) is 9.11. The molecule has 0 atom stereocenters. The Morgan fingerprint density at radius 2 is 1.63 bits per heavy atom. The van der Waals surface area contributed by atoms with Crippen molar-refractivity contribution in [1.82, 2.24) is 4.90 Å². The molecule has 1 aliphatic carbocycles. The molecule has 1 saturated carbocycles. The van der Waals surface area contributed by atoms with Crippen molar-refractivity contribution in [3.05, 3.63) is 35.4 Å². The third kappa shape index (κ3) is 3.11. The third-order valence-corrected chi connectivity index (χ3v) is 3.87. The maximum Gasteiger partial charge on any atom is 0.259 e. The zero-order valence-electron chi connectivity index (χ0n) is 11.2. The molecule has 2 rings (SSSR count). The first kappa shape index (κ1) is 14.0. The van der Waals surface area contributed by atoms with Crippen LogP contribution in [0.5, 0.6) is 0 Å². The molecule has 2 nitrogen and oxygen atoms in total. The Hall–Kier alpha value is -1.45. The number of amides is 1. The summed E-state index contributed by atoms with van der Waals surface area (Å²) in [6.07, 6.45) is 6.32. The van der Waals surface area contributed by atoms with E-state index in [0.29, 0.717) is 0 Å². The smallest absolute Gasteiger partial charge is 0.259 e. The lowest BCUT2D eigenvalue weighted by atomic mass is 10.1. The predicted octanol–water partition coefficient (Wildman–Crippen LogP) is 3.76. The van der Waals surface area contributed by atoms with Gasteiger partial charge in [-0.2, -0.15) is 0 Å². The minimum Gasteiger partial charge on any atom is -0.339 e. The van der Waals surface area contributed by atoms with Crippen molar-refractivity contribution in [3.8, 4) is 0 Å². The van der Waals surface area contributed by atoms with E-state index < -0.39 is 23.1 Å². The van der Waals surface area contributed by atoms with Gasteiger partial charge in [-0.15, -0.1) is 0 Å². The molecule has 4 heteroatoms. The summed E-state index contributed by atoms with van der Waals surface area (Å²) in [4.78, 5) is 13.8. The third-order valence-electron chi connectivity index (χ3n) is 3.87. The van der Waals surface area contributed by atoms with Crippen LogP contribution in [0.25, 0.3) is 0 Å². The predicted molar refractivity (Wildman–Crippen MR) is 69.9 cm³/mol. The second-order valence-electron chi connectivity index (χ2n) is 5.16. The average Bonchev–Trinajstić information content (AvgIpc) is 2.66. The van der Waals surface area contributed by atoms with Crippen molar-refractivity contribution in [3.63, 3.8) is 0 Å². The number of rotatable bonds is 2. The topological polar surface area (TPSA) is 20.3 Å². The standard InChI is InChI=1S/C15H19F2NO/c1-18(11-7-4-2-3-5-8-11)15(19)14-12(16)9-6-10-13(14)17/h6,9-11H,2-5,7-8H2,1H3. The van der Waals surface area contributed by atoms with Crippen LogP contribution in [-0.4, -0.2) is 23.9 Å². The lowest BCUT2D eigenvalue weighted by molar-refractivity contribution is 0.0708. The molecule has 1 aliphatic rings. The highest BCUT2D eigenvalue weighted by Gasteiger charge is 2.26. The Kier molecular flexibility index (Phi) is 4.51. The van der Waals surface area contributed by atoms with E-state index in [1.807, 2.05) is 0 Å². The molecule has 0 radical (unpaired) electrons. The molecule has 1 aromatic rings. The van der Waals surface area contributed by atoms with E-state index in [1.54, 1.807) is 7.05 Å². The first-order valence-electron chi connectivity index (χ1n) is 6.82. The fraction of sp³-hybridized carbons (Fsp3) is 0.533. The number of carbonyl (C=O) groups is 1. The highest BCUT2D eigenvalue weighted by molar-refractivity contribution is 5.94. The molecule has 0 unspecified atom stereocenters. The van der Waals surface area contributed by atoms with Crippen LogP contribution in [0.3, 0.4) is 0 Å². The number of benzene rings is 1. The molecular formula is C15H19F2NO. The summed E-state index contributed by atoms with van der Waals surface area (Å²) in [5, 5.41) is 0. The Bertz CT molecular complexity index is 433. The summed E-state index contributed by atoms with van der Waals surface area (Å²) in [7, 11) is 1.64. The van der Waals surface area contributed by atoms with E-state index in [9.17, 15) is 13.6 Å². The van der Waals surface area contributed by atoms with Crippen molar-refractivity contribution in [2.45, 2.75) is 44.6 Å². The first-order valence-corrected chi connectivity index (χ1v) is 6.82. The largest absolute Gasteiger partial charge is 0.339 e. The summed E-state index contributed by atoms with van der Waals surface area (Å²) in [5.41, 5.74) is -0.436. The van der Waals surface area contributed by atoms with Crippen LogP contribution < -0.4 is 0 Å². The van der Waals surface area contributed by atoms with Crippen molar-refractivity contribution < 1.29 is 13.6 Å². The fourth-order valence-corrected chi connectivity index (χ4v) is 2.69. The van der Waals surface area contributed by atoms with Gasteiger partial charge in [0.25, 0.3) is 5.91 Å². The van der Waals surface area contributed by atoms with Gasteiger partial charge in [0.15, 0.2) is 0 Å². The molecule has 0 saturated heterocycles. The summed E-state index contributed by atoms with van der Waals surface area (Å²) in [5.74, 6) is -2.13. The summed E-state index contributed by atoms with van der Waals surface area (Å²) in [6.45, 7) is 0. The Morgan fingerprint density at radius 3 is 2.16 bits per heavy atom. The Labute approximate surface area is 112 Å². The Balaban J connectivity index is 2.18. The second kappa shape index (κ2) is 6.13. The minimum atomic E-state index is -0.787. The molecule has 0 N–H and O–H groups in total. The maximum atomic E-state index is 13.6. The molecule has 19 heavy (non-hydrogen) atoms. The summed E-state index contributed by atoms with van der Waals surface area (Å²) < 4.78 is 27.2. The van der Waals surface area contributed by atoms with E-state index in [0.717, 1.165) is 37.8 Å². The molecular weight excluding hydrogens is 248 g/mol. The second-order valence-corrected chi connectivity index (χ2v) is 5.16. The normalized spacial score (nSPS) is 17.0. The van der Waals surface area contributed by atoms with Crippen LogP contribution >= 0.6 is 0 Å². The van der Waals surface area contributed by atoms with Crippen LogP contribution in [0.1, 0.15) is 48.9 Å². The van der Waals surface area contributed by atoms with Crippen LogP contribution in [0.2, 0.25) is 0 Å². The van der Waals surface area contributed by atoms with Gasteiger partial charge in [-0.3, -0.25) is 4.79 Å². The van der Waals surface area contributed by atoms with Crippen molar-refractivity contribution in [2.75, 3.05) is 7.05 Å². The van der Waals surface area contributed by atoms with Crippen LogP contribution in [0, 0.1) is 11.6 Å². The highest BCUT2D eigenvalue weighted by atomic mass is 19.1. The summed E-state index contributed by atoms with van der Waals surface area (Å²) in [6, 6.07) is 3.61.